The van der Waals surface area contributed by atoms with Gasteiger partial charge in [0.25, 0.3) is 0 Å². The summed E-state index contributed by atoms with van der Waals surface area (Å²) in [5, 5.41) is 3.75. The van der Waals surface area contributed by atoms with E-state index in [0.717, 1.165) is 0 Å². The van der Waals surface area contributed by atoms with Crippen LogP contribution in [0.1, 0.15) is 31.6 Å². The van der Waals surface area contributed by atoms with Crippen LogP contribution in [0.4, 0.5) is 19.0 Å². The van der Waals surface area contributed by atoms with Crippen molar-refractivity contribution in [2.24, 2.45) is 0 Å². The molecule has 0 aromatic carbocycles. The zero-order chi connectivity index (χ0) is 19.1. The van der Waals surface area contributed by atoms with Crippen molar-refractivity contribution in [2.75, 3.05) is 19.0 Å². The van der Waals surface area contributed by atoms with Gasteiger partial charge in [0, 0.05) is 14.1 Å². The first-order valence-electron chi connectivity index (χ1n) is 7.32. The minimum Gasteiger partial charge on any atom is -0.386 e. The minimum atomic E-state index is -4.62. The molecule has 2 rings (SSSR count). The van der Waals surface area contributed by atoms with Crippen molar-refractivity contribution in [1.29, 1.82) is 0 Å². The number of aromatic nitrogens is 1. The van der Waals surface area contributed by atoms with Crippen LogP contribution in [0.2, 0.25) is 0 Å². The summed E-state index contributed by atoms with van der Waals surface area (Å²) in [5.41, 5.74) is -0.526. The zero-order valence-electron chi connectivity index (χ0n) is 14.4. The molecule has 0 bridgehead atoms. The molecule has 9 heteroatoms. The molecule has 1 aliphatic rings. The van der Waals surface area contributed by atoms with Gasteiger partial charge in [-0.25, -0.2) is 9.59 Å². The fourth-order valence-corrected chi connectivity index (χ4v) is 2.63. The van der Waals surface area contributed by atoms with Crippen LogP contribution >= 0.6 is 0 Å². The first-order valence-corrected chi connectivity index (χ1v) is 7.32. The van der Waals surface area contributed by atoms with Crippen LogP contribution in [-0.2, 0) is 14.3 Å². The average Bonchev–Trinajstić information content (AvgIpc) is 2.95. The highest BCUT2D eigenvalue weighted by Crippen LogP contribution is 2.42. The van der Waals surface area contributed by atoms with Crippen molar-refractivity contribution in [3.63, 3.8) is 0 Å². The molecule has 2 heterocycles. The molecule has 25 heavy (non-hydrogen) atoms. The third-order valence-corrected chi connectivity index (χ3v) is 3.59. The largest absolute Gasteiger partial charge is 0.393 e. The minimum absolute atomic E-state index is 0.0303. The van der Waals surface area contributed by atoms with Gasteiger partial charge in [-0.3, -0.25) is 0 Å². The quantitative estimate of drug-likeness (QED) is 0.469. The molecule has 1 aromatic rings. The van der Waals surface area contributed by atoms with Crippen LogP contribution in [0.5, 0.6) is 0 Å². The predicted octanol–water partition coefficient (Wildman–Crippen LogP) is 3.17. The lowest BCUT2D eigenvalue weighted by molar-refractivity contribution is -0.149. The third-order valence-electron chi connectivity index (χ3n) is 3.59. The molecule has 1 aliphatic heterocycles. The van der Waals surface area contributed by atoms with E-state index in [1.165, 1.54) is 25.7 Å². The molecule has 0 N–H and O–H groups in total. The molecular formula is C16H17F3N2O4. The molecule has 6 nitrogen and oxygen atoms in total. The summed E-state index contributed by atoms with van der Waals surface area (Å²) < 4.78 is 49.2. The van der Waals surface area contributed by atoms with E-state index in [1.807, 2.05) is 0 Å². The summed E-state index contributed by atoms with van der Waals surface area (Å²) in [6.45, 7) is 4.48. The maximum Gasteiger partial charge on any atom is 0.393 e. The second-order valence-corrected chi connectivity index (χ2v) is 6.03. The van der Waals surface area contributed by atoms with Crippen LogP contribution in [0.25, 0.3) is 5.57 Å². The number of cyclic esters (lactones) is 2. The van der Waals surface area contributed by atoms with Crippen molar-refractivity contribution in [1.82, 2.24) is 5.16 Å². The molecular weight excluding hydrogens is 341 g/mol. The predicted molar refractivity (Wildman–Crippen MR) is 82.6 cm³/mol. The van der Waals surface area contributed by atoms with Crippen LogP contribution < -0.4 is 4.90 Å². The van der Waals surface area contributed by atoms with Gasteiger partial charge in [-0.1, -0.05) is 10.7 Å². The van der Waals surface area contributed by atoms with Gasteiger partial charge in [0.15, 0.2) is 5.82 Å². The van der Waals surface area contributed by atoms with Gasteiger partial charge in [0.05, 0.1) is 23.1 Å². The van der Waals surface area contributed by atoms with Crippen molar-refractivity contribution in [3.8, 4) is 0 Å². The van der Waals surface area contributed by atoms with E-state index in [9.17, 15) is 22.8 Å². The first-order chi connectivity index (χ1) is 11.4. The highest BCUT2D eigenvalue weighted by atomic mass is 19.4. The number of hydrogen-bond donors (Lipinski definition) is 0. The fraction of sp³-hybridized carbons (Fsp3) is 0.438. The molecule has 1 fully saturated rings. The summed E-state index contributed by atoms with van der Waals surface area (Å²) in [6.07, 6.45) is -6.04. The Morgan fingerprint density at radius 2 is 1.68 bits per heavy atom. The molecule has 0 aliphatic carbocycles. The average molecular weight is 358 g/mol. The van der Waals surface area contributed by atoms with E-state index in [2.05, 4.69) is 9.89 Å². The molecule has 0 amide bonds. The van der Waals surface area contributed by atoms with E-state index >= 15 is 0 Å². The number of esters is 2. The van der Waals surface area contributed by atoms with Gasteiger partial charge in [-0.05, 0) is 26.3 Å². The lowest BCUT2D eigenvalue weighted by atomic mass is 9.91. The third kappa shape index (κ3) is 3.59. The van der Waals surface area contributed by atoms with Gasteiger partial charge < -0.3 is 14.2 Å². The summed E-state index contributed by atoms with van der Waals surface area (Å²) in [6, 6.07) is 0. The van der Waals surface area contributed by atoms with E-state index in [0.29, 0.717) is 5.57 Å². The number of ether oxygens (including phenoxy) is 1. The summed E-state index contributed by atoms with van der Waals surface area (Å²) in [5.74, 6) is -1.83. The van der Waals surface area contributed by atoms with Crippen molar-refractivity contribution >= 4 is 23.3 Å². The highest BCUT2D eigenvalue weighted by Gasteiger charge is 2.42. The molecule has 0 saturated carbocycles. The maximum absolute atomic E-state index is 13.2. The highest BCUT2D eigenvalue weighted by molar-refractivity contribution is 6.22. The number of aryl methyl sites for hydroxylation is 1. The van der Waals surface area contributed by atoms with E-state index in [1.54, 1.807) is 14.1 Å². The van der Waals surface area contributed by atoms with E-state index in [-0.39, 0.29) is 28.3 Å². The molecule has 0 unspecified atom stereocenters. The number of rotatable bonds is 3. The molecule has 0 spiro atoms. The topological polar surface area (TPSA) is 72.6 Å². The van der Waals surface area contributed by atoms with Crippen LogP contribution in [0.3, 0.4) is 0 Å². The lowest BCUT2D eigenvalue weighted by Crippen LogP contribution is -2.16. The second-order valence-electron chi connectivity index (χ2n) is 6.03. The Labute approximate surface area is 141 Å². The Balaban J connectivity index is 2.87. The number of nitrogens with zero attached hydrogens (tertiary/aromatic N) is 2. The molecule has 1 saturated heterocycles. The zero-order valence-corrected chi connectivity index (χ0v) is 14.4. The van der Waals surface area contributed by atoms with Gasteiger partial charge in [-0.15, -0.1) is 0 Å². The number of carbonyl (C=O) groups excluding carboxylic acids is 2. The molecule has 1 aromatic heterocycles. The molecule has 0 radical (unpaired) electrons. The number of alkyl halides is 3. The smallest absolute Gasteiger partial charge is 0.386 e. The summed E-state index contributed by atoms with van der Waals surface area (Å²) >= 11 is 0. The Morgan fingerprint density at radius 3 is 2.16 bits per heavy atom. The standard InChI is InChI=1S/C16H17F3N2O4/c1-7(2)10-12(15(23)24-14(10)22)9(6-16(17,18)19)11-8(3)25-20-13(11)21(4)5/h6H2,1-5H3. The first kappa shape index (κ1) is 18.8. The summed E-state index contributed by atoms with van der Waals surface area (Å²) in [4.78, 5) is 25.5. The van der Waals surface area contributed by atoms with Crippen LogP contribution in [-0.4, -0.2) is 37.4 Å². The van der Waals surface area contributed by atoms with E-state index in [4.69, 9.17) is 4.52 Å². The molecule has 0 atom stereocenters. The number of hydrogen-bond acceptors (Lipinski definition) is 6. The normalized spacial score (nSPS) is 17.0. The monoisotopic (exact) mass is 358 g/mol. The van der Waals surface area contributed by atoms with Crippen molar-refractivity contribution < 1.29 is 32.0 Å². The Bertz CT molecular complexity index is 797. The number of halogens is 3. The Morgan fingerprint density at radius 1 is 1.12 bits per heavy atom. The number of carbonyl (C=O) groups is 2. The number of anilines is 1. The van der Waals surface area contributed by atoms with Gasteiger partial charge in [0.2, 0.25) is 0 Å². The summed E-state index contributed by atoms with van der Waals surface area (Å²) in [7, 11) is 3.16. The van der Waals surface area contributed by atoms with Gasteiger partial charge in [-0.2, -0.15) is 13.2 Å². The second kappa shape index (κ2) is 6.38. The lowest BCUT2D eigenvalue weighted by Gasteiger charge is -2.16. The Kier molecular flexibility index (Phi) is 4.79. The van der Waals surface area contributed by atoms with Crippen molar-refractivity contribution in [2.45, 2.75) is 33.4 Å². The fourth-order valence-electron chi connectivity index (χ4n) is 2.63. The van der Waals surface area contributed by atoms with Crippen LogP contribution in [0, 0.1) is 6.92 Å². The van der Waals surface area contributed by atoms with Crippen LogP contribution in [0.15, 0.2) is 21.2 Å². The van der Waals surface area contributed by atoms with Gasteiger partial charge >= 0.3 is 18.1 Å². The SMILES string of the molecule is CC(C)=C1C(=O)OC(=O)C1=C(CC(F)(F)F)c1c(N(C)C)noc1C. The van der Waals surface area contributed by atoms with Gasteiger partial charge in [0.1, 0.15) is 5.76 Å². The maximum atomic E-state index is 13.2. The van der Waals surface area contributed by atoms with Crippen molar-refractivity contribution in [3.05, 3.63) is 28.0 Å². The number of allylic oxidation sites excluding steroid dienone is 2. The molecule has 136 valence electrons. The Hall–Kier alpha value is -2.58. The van der Waals surface area contributed by atoms with E-state index < -0.39 is 30.1 Å².